The van der Waals surface area contributed by atoms with Crippen molar-refractivity contribution in [2.75, 3.05) is 0 Å². The molecule has 4 aromatic rings. The molecule has 4 aromatic carbocycles. The van der Waals surface area contributed by atoms with Crippen molar-refractivity contribution >= 4 is 43.8 Å². The fourth-order valence-electron chi connectivity index (χ4n) is 3.90. The Kier molecular flexibility index (Phi) is 10.5. The monoisotopic (exact) mass is 669 g/mol. The van der Waals surface area contributed by atoms with Crippen molar-refractivity contribution in [2.24, 2.45) is 0 Å². The highest BCUT2D eigenvalue weighted by atomic mass is 79.9. The molecule has 204 valence electrons. The third kappa shape index (κ3) is 8.93. The van der Waals surface area contributed by atoms with Gasteiger partial charge in [-0.25, -0.2) is 9.59 Å². The number of carbonyl (C=O) groups excluding carboxylic acids is 2. The number of ether oxygens (including phenoxy) is 2. The summed E-state index contributed by atoms with van der Waals surface area (Å²) in [7, 11) is 0. The lowest BCUT2D eigenvalue weighted by molar-refractivity contribution is 0.0464. The van der Waals surface area contributed by atoms with E-state index < -0.39 is 11.9 Å². The van der Waals surface area contributed by atoms with E-state index in [-0.39, 0.29) is 13.2 Å². The molecule has 7 heteroatoms. The number of carbonyl (C=O) groups is 2. The van der Waals surface area contributed by atoms with E-state index >= 15 is 0 Å². The van der Waals surface area contributed by atoms with Gasteiger partial charge in [0, 0.05) is 33.2 Å². The van der Waals surface area contributed by atoms with Crippen LogP contribution in [0, 0.1) is 24.7 Å². The third-order valence-electron chi connectivity index (χ3n) is 6.04. The minimum absolute atomic E-state index is 0.168. The van der Waals surface area contributed by atoms with Crippen LogP contribution < -0.4 is 5.32 Å². The van der Waals surface area contributed by atoms with Gasteiger partial charge in [0.05, 0.1) is 11.1 Å². The van der Waals surface area contributed by atoms with E-state index in [1.807, 2.05) is 48.5 Å². The normalized spacial score (nSPS) is 10.3. The molecule has 0 aliphatic rings. The first-order valence-corrected chi connectivity index (χ1v) is 14.2. The molecule has 0 aliphatic heterocycles. The molecule has 0 atom stereocenters. The van der Waals surface area contributed by atoms with Crippen molar-refractivity contribution in [3.05, 3.63) is 138 Å². The molecule has 4 rings (SSSR count). The molecule has 0 aliphatic carbocycles. The molecule has 0 amide bonds. The summed E-state index contributed by atoms with van der Waals surface area (Å²) in [5.41, 5.74) is 6.02. The highest BCUT2D eigenvalue weighted by molar-refractivity contribution is 9.10. The van der Waals surface area contributed by atoms with Gasteiger partial charge in [-0.15, -0.1) is 12.8 Å². The Morgan fingerprint density at radius 3 is 1.34 bits per heavy atom. The number of terminal acetylenes is 2. The molecule has 1 N–H and O–H groups in total. The van der Waals surface area contributed by atoms with Crippen LogP contribution in [0.4, 0.5) is 0 Å². The SMILES string of the molecule is C#Cc1cc(Br)cc(C(=O)OCc2ccc(CNCc3ccc(COC(=O)c4cc(Br)cc(C#C)c4)cc3)cc2)c1. The van der Waals surface area contributed by atoms with Crippen LogP contribution in [0.25, 0.3) is 0 Å². The summed E-state index contributed by atoms with van der Waals surface area (Å²) >= 11 is 6.71. The zero-order chi connectivity index (χ0) is 29.2. The molecule has 0 bridgehead atoms. The molecular formula is C34H25Br2NO4. The summed E-state index contributed by atoms with van der Waals surface area (Å²) in [6, 6.07) is 25.9. The highest BCUT2D eigenvalue weighted by Crippen LogP contribution is 2.18. The number of hydrogen-bond acceptors (Lipinski definition) is 5. The molecule has 0 radical (unpaired) electrons. The summed E-state index contributed by atoms with van der Waals surface area (Å²) in [6.45, 7) is 1.69. The van der Waals surface area contributed by atoms with Crippen molar-refractivity contribution in [1.29, 1.82) is 0 Å². The molecule has 0 saturated carbocycles. The van der Waals surface area contributed by atoms with Crippen LogP contribution in [0.2, 0.25) is 0 Å². The number of halogens is 2. The number of benzene rings is 4. The fourth-order valence-corrected chi connectivity index (χ4v) is 4.89. The molecule has 0 spiro atoms. The van der Waals surface area contributed by atoms with Crippen LogP contribution in [0.5, 0.6) is 0 Å². The largest absolute Gasteiger partial charge is 0.457 e. The van der Waals surface area contributed by atoms with E-state index in [0.29, 0.717) is 35.3 Å². The topological polar surface area (TPSA) is 64.6 Å². The molecule has 41 heavy (non-hydrogen) atoms. The Bertz CT molecular complexity index is 1510. The first kappa shape index (κ1) is 29.8. The second-order valence-electron chi connectivity index (χ2n) is 9.13. The van der Waals surface area contributed by atoms with Crippen molar-refractivity contribution in [3.63, 3.8) is 0 Å². The van der Waals surface area contributed by atoms with Crippen LogP contribution in [0.1, 0.15) is 54.1 Å². The van der Waals surface area contributed by atoms with Gasteiger partial charge in [0.15, 0.2) is 0 Å². The molecular weight excluding hydrogens is 646 g/mol. The summed E-state index contributed by atoms with van der Waals surface area (Å²) in [5, 5.41) is 3.42. The first-order valence-electron chi connectivity index (χ1n) is 12.6. The fraction of sp³-hybridized carbons (Fsp3) is 0.118. The molecule has 0 saturated heterocycles. The summed E-state index contributed by atoms with van der Waals surface area (Å²) in [6.07, 6.45) is 10.9. The second-order valence-corrected chi connectivity index (χ2v) is 11.0. The van der Waals surface area contributed by atoms with E-state index in [9.17, 15) is 9.59 Å². The van der Waals surface area contributed by atoms with E-state index in [1.54, 1.807) is 36.4 Å². The standard InChI is InChI=1S/C34H25Br2NO4/c1-3-23-13-29(17-31(35)15-23)33(38)40-21-27-9-5-25(6-10-27)19-37-20-26-7-11-28(12-8-26)22-41-34(39)30-14-24(4-2)16-32(36)18-30/h1-2,5-18,37H,19-22H2. The zero-order valence-electron chi connectivity index (χ0n) is 22.0. The molecule has 0 unspecified atom stereocenters. The van der Waals surface area contributed by atoms with Gasteiger partial charge in [-0.3, -0.25) is 0 Å². The van der Waals surface area contributed by atoms with Gasteiger partial charge in [0.2, 0.25) is 0 Å². The van der Waals surface area contributed by atoms with E-state index in [1.165, 1.54) is 0 Å². The minimum atomic E-state index is -0.430. The predicted octanol–water partition coefficient (Wildman–Crippen LogP) is 7.18. The lowest BCUT2D eigenvalue weighted by Crippen LogP contribution is -2.13. The summed E-state index contributed by atoms with van der Waals surface area (Å²) in [4.78, 5) is 24.8. The van der Waals surface area contributed by atoms with Crippen LogP contribution in [-0.2, 0) is 35.8 Å². The number of esters is 2. The van der Waals surface area contributed by atoms with Gasteiger partial charge in [0.1, 0.15) is 13.2 Å². The molecule has 0 aromatic heterocycles. The van der Waals surface area contributed by atoms with Crippen molar-refractivity contribution in [1.82, 2.24) is 5.32 Å². The van der Waals surface area contributed by atoms with Crippen LogP contribution >= 0.6 is 31.9 Å². The summed E-state index contributed by atoms with van der Waals surface area (Å²) < 4.78 is 12.3. The summed E-state index contributed by atoms with van der Waals surface area (Å²) in [5.74, 6) is 4.19. The Hall–Kier alpha value is -4.14. The Labute approximate surface area is 256 Å². The quantitative estimate of drug-likeness (QED) is 0.143. The van der Waals surface area contributed by atoms with Gasteiger partial charge < -0.3 is 14.8 Å². The Morgan fingerprint density at radius 1 is 0.610 bits per heavy atom. The van der Waals surface area contributed by atoms with Crippen LogP contribution in [0.15, 0.2) is 93.9 Å². The van der Waals surface area contributed by atoms with Gasteiger partial charge in [-0.1, -0.05) is 92.2 Å². The smallest absolute Gasteiger partial charge is 0.338 e. The molecule has 5 nitrogen and oxygen atoms in total. The average Bonchev–Trinajstić information content (AvgIpc) is 2.99. The van der Waals surface area contributed by atoms with Gasteiger partial charge >= 0.3 is 11.9 Å². The predicted molar refractivity (Wildman–Crippen MR) is 166 cm³/mol. The van der Waals surface area contributed by atoms with Gasteiger partial charge in [0.25, 0.3) is 0 Å². The maximum atomic E-state index is 12.4. The average molecular weight is 671 g/mol. The van der Waals surface area contributed by atoms with Gasteiger partial charge in [-0.05, 0) is 58.7 Å². The van der Waals surface area contributed by atoms with Crippen molar-refractivity contribution in [2.45, 2.75) is 26.3 Å². The maximum Gasteiger partial charge on any atom is 0.338 e. The zero-order valence-corrected chi connectivity index (χ0v) is 25.1. The lowest BCUT2D eigenvalue weighted by atomic mass is 10.1. The number of nitrogens with one attached hydrogen (secondary N) is 1. The maximum absolute atomic E-state index is 12.4. The van der Waals surface area contributed by atoms with Crippen molar-refractivity contribution in [3.8, 4) is 24.7 Å². The Morgan fingerprint density at radius 2 is 0.976 bits per heavy atom. The molecule has 0 fully saturated rings. The number of hydrogen-bond donors (Lipinski definition) is 1. The van der Waals surface area contributed by atoms with Gasteiger partial charge in [-0.2, -0.15) is 0 Å². The highest BCUT2D eigenvalue weighted by Gasteiger charge is 2.11. The Balaban J connectivity index is 1.20. The second kappa shape index (κ2) is 14.5. The van der Waals surface area contributed by atoms with E-state index in [0.717, 1.165) is 31.2 Å². The van der Waals surface area contributed by atoms with E-state index in [2.05, 4.69) is 49.0 Å². The first-order chi connectivity index (χ1) is 19.8. The van der Waals surface area contributed by atoms with Crippen LogP contribution in [0.3, 0.4) is 0 Å². The third-order valence-corrected chi connectivity index (χ3v) is 6.96. The lowest BCUT2D eigenvalue weighted by Gasteiger charge is -2.09. The minimum Gasteiger partial charge on any atom is -0.457 e. The van der Waals surface area contributed by atoms with Crippen LogP contribution in [-0.4, -0.2) is 11.9 Å². The molecule has 0 heterocycles. The number of rotatable bonds is 10. The van der Waals surface area contributed by atoms with Crippen molar-refractivity contribution < 1.29 is 19.1 Å². The van der Waals surface area contributed by atoms with E-state index in [4.69, 9.17) is 22.3 Å².